The van der Waals surface area contributed by atoms with Crippen molar-refractivity contribution in [2.24, 2.45) is 11.1 Å². The second-order valence-corrected chi connectivity index (χ2v) is 8.52. The molecule has 0 radical (unpaired) electrons. The zero-order chi connectivity index (χ0) is 24.2. The lowest BCUT2D eigenvalue weighted by atomic mass is 9.86. The molecule has 1 aromatic carbocycles. The van der Waals surface area contributed by atoms with Crippen LogP contribution in [0.5, 0.6) is 0 Å². The molecule has 0 aliphatic rings. The van der Waals surface area contributed by atoms with Gasteiger partial charge in [-0.15, -0.1) is 0 Å². The molecule has 0 spiro atoms. The van der Waals surface area contributed by atoms with Crippen molar-refractivity contribution in [2.45, 2.75) is 38.9 Å². The average Bonchev–Trinajstić information content (AvgIpc) is 3.13. The third-order valence-corrected chi connectivity index (χ3v) is 4.73. The van der Waals surface area contributed by atoms with Gasteiger partial charge in [0.2, 0.25) is 5.91 Å². The number of alkyl halides is 2. The highest BCUT2D eigenvalue weighted by Gasteiger charge is 2.35. The fourth-order valence-corrected chi connectivity index (χ4v) is 3.00. The van der Waals surface area contributed by atoms with Crippen LogP contribution in [0.15, 0.2) is 24.3 Å². The number of nitrogens with zero attached hydrogens (tertiary/aromatic N) is 1. The molecule has 1 unspecified atom stereocenters. The fourth-order valence-electron chi connectivity index (χ4n) is 2.88. The summed E-state index contributed by atoms with van der Waals surface area (Å²) in [5.74, 6) is -4.16. The van der Waals surface area contributed by atoms with E-state index in [1.807, 2.05) is 0 Å². The van der Waals surface area contributed by atoms with E-state index >= 15 is 0 Å². The van der Waals surface area contributed by atoms with E-state index in [1.54, 1.807) is 26.8 Å². The lowest BCUT2D eigenvalue weighted by Crippen LogP contribution is -2.59. The Labute approximate surface area is 187 Å². The third kappa shape index (κ3) is 6.16. The smallest absolute Gasteiger partial charge is 0.291 e. The van der Waals surface area contributed by atoms with Crippen molar-refractivity contribution in [1.29, 1.82) is 0 Å². The van der Waals surface area contributed by atoms with Crippen LogP contribution in [0.4, 0.5) is 8.78 Å². The number of nitrogens with two attached hydrogens (primary N) is 1. The summed E-state index contributed by atoms with van der Waals surface area (Å²) in [5.41, 5.74) is 4.31. The average molecular weight is 472 g/mol. The van der Waals surface area contributed by atoms with Crippen molar-refractivity contribution in [1.82, 2.24) is 20.7 Å². The second-order valence-electron chi connectivity index (χ2n) is 8.14. The predicted octanol–water partition coefficient (Wildman–Crippen LogP) is 1.72. The maximum Gasteiger partial charge on any atom is 0.291 e. The zero-order valence-corrected chi connectivity index (χ0v) is 18.4. The van der Waals surface area contributed by atoms with Crippen LogP contribution >= 0.6 is 11.6 Å². The predicted molar refractivity (Wildman–Crippen MR) is 113 cm³/mol. The highest BCUT2D eigenvalue weighted by Crippen LogP contribution is 2.22. The molecular weight excluding hydrogens is 448 g/mol. The van der Waals surface area contributed by atoms with Crippen molar-refractivity contribution in [3.8, 4) is 0 Å². The summed E-state index contributed by atoms with van der Waals surface area (Å²) in [6.45, 7) is 4.53. The number of aromatic nitrogens is 1. The van der Waals surface area contributed by atoms with Crippen molar-refractivity contribution in [3.63, 3.8) is 0 Å². The number of primary amides is 1. The largest absolute Gasteiger partial charge is 0.370 e. The molecule has 32 heavy (non-hydrogen) atoms. The molecule has 174 valence electrons. The van der Waals surface area contributed by atoms with Crippen molar-refractivity contribution >= 4 is 46.1 Å². The van der Waals surface area contributed by atoms with Gasteiger partial charge in [-0.2, -0.15) is 0 Å². The molecule has 2 rings (SSSR count). The van der Waals surface area contributed by atoms with Gasteiger partial charge in [0.15, 0.2) is 0 Å². The van der Waals surface area contributed by atoms with Crippen LogP contribution in [0.25, 0.3) is 10.9 Å². The Hall–Kier alpha value is -3.21. The Morgan fingerprint density at radius 1 is 1.25 bits per heavy atom. The first-order valence-electron chi connectivity index (χ1n) is 9.57. The SMILES string of the molecule is CC(C)(C)[C@H](NC(=O)c1cc2c(F)cccc2[nH]1)C(=O)NN(CCC(N)=O)C(=O)C(F)Cl. The van der Waals surface area contributed by atoms with Crippen LogP contribution in [0, 0.1) is 11.2 Å². The first kappa shape index (κ1) is 25.1. The number of nitrogens with one attached hydrogen (secondary N) is 3. The Morgan fingerprint density at radius 2 is 1.91 bits per heavy atom. The number of hydrogen-bond donors (Lipinski definition) is 4. The molecule has 0 saturated heterocycles. The summed E-state index contributed by atoms with van der Waals surface area (Å²) < 4.78 is 27.3. The topological polar surface area (TPSA) is 137 Å². The minimum atomic E-state index is -2.47. The first-order chi connectivity index (χ1) is 14.8. The van der Waals surface area contributed by atoms with E-state index in [2.05, 4.69) is 15.7 Å². The van der Waals surface area contributed by atoms with Gasteiger partial charge in [0.25, 0.3) is 23.4 Å². The first-order valence-corrected chi connectivity index (χ1v) is 10.0. The van der Waals surface area contributed by atoms with Crippen LogP contribution in [0.1, 0.15) is 37.7 Å². The summed E-state index contributed by atoms with van der Waals surface area (Å²) in [7, 11) is 0. The highest BCUT2D eigenvalue weighted by molar-refractivity contribution is 6.29. The van der Waals surface area contributed by atoms with E-state index in [0.717, 1.165) is 0 Å². The van der Waals surface area contributed by atoms with E-state index < -0.39 is 53.1 Å². The van der Waals surface area contributed by atoms with Gasteiger partial charge in [0.1, 0.15) is 17.6 Å². The maximum atomic E-state index is 13.9. The molecule has 5 N–H and O–H groups in total. The lowest BCUT2D eigenvalue weighted by molar-refractivity contribution is -0.145. The van der Waals surface area contributed by atoms with Crippen LogP contribution in [-0.4, -0.2) is 51.8 Å². The van der Waals surface area contributed by atoms with Gasteiger partial charge < -0.3 is 16.0 Å². The number of hydrogen-bond acceptors (Lipinski definition) is 4. The molecule has 12 heteroatoms. The van der Waals surface area contributed by atoms with Gasteiger partial charge in [0, 0.05) is 17.3 Å². The Morgan fingerprint density at radius 3 is 2.44 bits per heavy atom. The molecule has 2 atom stereocenters. The van der Waals surface area contributed by atoms with E-state index in [1.165, 1.54) is 18.2 Å². The molecule has 1 heterocycles. The number of H-pyrrole nitrogens is 1. The van der Waals surface area contributed by atoms with E-state index in [4.69, 9.17) is 17.3 Å². The summed E-state index contributed by atoms with van der Waals surface area (Å²) >= 11 is 5.18. The van der Waals surface area contributed by atoms with E-state index in [0.29, 0.717) is 10.5 Å². The van der Waals surface area contributed by atoms with Gasteiger partial charge >= 0.3 is 0 Å². The summed E-state index contributed by atoms with van der Waals surface area (Å²) in [6, 6.07) is 4.42. The number of carbonyl (C=O) groups excluding carboxylic acids is 4. The number of aromatic amines is 1. The monoisotopic (exact) mass is 471 g/mol. The van der Waals surface area contributed by atoms with Gasteiger partial charge in [-0.3, -0.25) is 24.6 Å². The Balaban J connectivity index is 2.24. The lowest BCUT2D eigenvalue weighted by Gasteiger charge is -2.32. The summed E-state index contributed by atoms with van der Waals surface area (Å²) in [4.78, 5) is 51.4. The molecule has 0 aliphatic heterocycles. The molecule has 9 nitrogen and oxygen atoms in total. The number of amides is 4. The Bertz CT molecular complexity index is 1030. The van der Waals surface area contributed by atoms with Crippen molar-refractivity contribution in [3.05, 3.63) is 35.8 Å². The number of halogens is 3. The molecule has 4 amide bonds. The zero-order valence-electron chi connectivity index (χ0n) is 17.7. The minimum Gasteiger partial charge on any atom is -0.370 e. The van der Waals surface area contributed by atoms with Crippen molar-refractivity contribution < 1.29 is 28.0 Å². The third-order valence-electron chi connectivity index (χ3n) is 4.54. The molecule has 0 aliphatic carbocycles. The number of rotatable bonds is 7. The van der Waals surface area contributed by atoms with E-state index in [9.17, 15) is 28.0 Å². The Kier molecular flexibility index (Phi) is 7.78. The summed E-state index contributed by atoms with van der Waals surface area (Å²) in [6.07, 6.45) is -0.358. The van der Waals surface area contributed by atoms with Gasteiger partial charge in [0.05, 0.1) is 6.54 Å². The van der Waals surface area contributed by atoms with Crippen molar-refractivity contribution in [2.75, 3.05) is 6.54 Å². The minimum absolute atomic E-state index is 0.0124. The quantitative estimate of drug-likeness (QED) is 0.361. The highest BCUT2D eigenvalue weighted by atomic mass is 35.5. The fraction of sp³-hybridized carbons (Fsp3) is 0.400. The summed E-state index contributed by atoms with van der Waals surface area (Å²) in [5, 5.41) is 3.27. The van der Waals surface area contributed by atoms with Gasteiger partial charge in [-0.1, -0.05) is 38.4 Å². The number of fused-ring (bicyclic) bond motifs is 1. The molecule has 0 saturated carbocycles. The molecule has 0 fully saturated rings. The number of benzene rings is 1. The standard InChI is InChI=1S/C20H24ClF2N5O4/c1-20(2,3)15(18(31)27-28(8-7-14(24)29)19(32)16(21)23)26-17(30)13-9-10-11(22)5-4-6-12(10)25-13/h4-6,9,15-16,25H,7-8H2,1-3H3,(H2,24,29)(H,26,30)(H,27,31)/t15-,16?/m1/s1. The van der Waals surface area contributed by atoms with Crippen LogP contribution in [-0.2, 0) is 14.4 Å². The normalized spacial score (nSPS) is 13.3. The van der Waals surface area contributed by atoms with Gasteiger partial charge in [-0.25, -0.2) is 13.8 Å². The number of carbonyl (C=O) groups is 4. The molecular formula is C20H24ClF2N5O4. The molecule has 0 bridgehead atoms. The number of hydrazine groups is 1. The van der Waals surface area contributed by atoms with Gasteiger partial charge in [-0.05, 0) is 23.6 Å². The van der Waals surface area contributed by atoms with Crippen LogP contribution < -0.4 is 16.5 Å². The second kappa shape index (κ2) is 9.94. The van der Waals surface area contributed by atoms with Crippen LogP contribution in [0.3, 0.4) is 0 Å². The van der Waals surface area contributed by atoms with E-state index in [-0.39, 0.29) is 17.5 Å². The molecule has 2 aromatic rings. The van der Waals surface area contributed by atoms with Crippen LogP contribution in [0.2, 0.25) is 0 Å². The maximum absolute atomic E-state index is 13.9. The molecule has 1 aromatic heterocycles.